The first-order valence-corrected chi connectivity index (χ1v) is 9.03. The summed E-state index contributed by atoms with van der Waals surface area (Å²) in [5.41, 5.74) is 1.62. The molecule has 1 atom stereocenters. The summed E-state index contributed by atoms with van der Waals surface area (Å²) in [7, 11) is 1.39. The molecule has 0 bridgehead atoms. The summed E-state index contributed by atoms with van der Waals surface area (Å²) in [5, 5.41) is 8.59. The Kier molecular flexibility index (Phi) is 6.38. The maximum atomic E-state index is 14.4. The van der Waals surface area contributed by atoms with Crippen LogP contribution < -0.4 is 5.32 Å². The summed E-state index contributed by atoms with van der Waals surface area (Å²) < 4.78 is 19.1. The first-order valence-electron chi connectivity index (χ1n) is 8.65. The SMILES string of the molecule is COCC(=O)NCC(=O)N1N=C(c2ccccc2Cl)C[C@H]1c1ccccc1F. The van der Waals surface area contributed by atoms with Crippen LogP contribution in [0, 0.1) is 5.82 Å². The minimum atomic E-state index is -0.626. The van der Waals surface area contributed by atoms with E-state index in [1.165, 1.54) is 18.2 Å². The molecule has 1 N–H and O–H groups in total. The molecule has 0 radical (unpaired) electrons. The van der Waals surface area contributed by atoms with Crippen LogP contribution in [-0.4, -0.2) is 42.8 Å². The third-order valence-electron chi connectivity index (χ3n) is 4.33. The number of ether oxygens (including phenoxy) is 1. The number of halogens is 2. The van der Waals surface area contributed by atoms with Gasteiger partial charge in [-0.05, 0) is 12.1 Å². The fraction of sp³-hybridized carbons (Fsp3) is 0.250. The molecule has 146 valence electrons. The van der Waals surface area contributed by atoms with Crippen LogP contribution in [0.2, 0.25) is 5.02 Å². The maximum absolute atomic E-state index is 14.4. The van der Waals surface area contributed by atoms with Crippen LogP contribution in [0.15, 0.2) is 53.6 Å². The van der Waals surface area contributed by atoms with Crippen molar-refractivity contribution in [3.05, 3.63) is 70.5 Å². The average Bonchev–Trinajstić information content (AvgIpc) is 3.12. The molecule has 1 aliphatic rings. The molecule has 0 spiro atoms. The smallest absolute Gasteiger partial charge is 0.262 e. The lowest BCUT2D eigenvalue weighted by atomic mass is 9.98. The van der Waals surface area contributed by atoms with Gasteiger partial charge in [-0.1, -0.05) is 48.0 Å². The zero-order valence-corrected chi connectivity index (χ0v) is 15.9. The number of benzene rings is 2. The lowest BCUT2D eigenvalue weighted by Gasteiger charge is -2.22. The first-order chi connectivity index (χ1) is 13.5. The Bertz CT molecular complexity index is 919. The number of hydrazone groups is 1. The van der Waals surface area contributed by atoms with Crippen molar-refractivity contribution in [3.8, 4) is 0 Å². The lowest BCUT2D eigenvalue weighted by molar-refractivity contribution is -0.135. The summed E-state index contributed by atoms with van der Waals surface area (Å²) in [5.74, 6) is -1.31. The predicted molar refractivity (Wildman–Crippen MR) is 103 cm³/mol. The van der Waals surface area contributed by atoms with Gasteiger partial charge in [0.15, 0.2) is 0 Å². The number of methoxy groups -OCH3 is 1. The van der Waals surface area contributed by atoms with E-state index in [-0.39, 0.29) is 13.2 Å². The van der Waals surface area contributed by atoms with Crippen molar-refractivity contribution in [3.63, 3.8) is 0 Å². The highest BCUT2D eigenvalue weighted by Gasteiger charge is 2.35. The van der Waals surface area contributed by atoms with Gasteiger partial charge in [-0.25, -0.2) is 9.40 Å². The number of hydrogen-bond acceptors (Lipinski definition) is 4. The fourth-order valence-electron chi connectivity index (χ4n) is 3.02. The van der Waals surface area contributed by atoms with Gasteiger partial charge in [-0.15, -0.1) is 0 Å². The van der Waals surface area contributed by atoms with Gasteiger partial charge in [0.25, 0.3) is 5.91 Å². The zero-order valence-electron chi connectivity index (χ0n) is 15.2. The molecule has 0 fully saturated rings. The molecule has 28 heavy (non-hydrogen) atoms. The Hall–Kier alpha value is -2.77. The molecule has 0 saturated heterocycles. The number of hydrogen-bond donors (Lipinski definition) is 1. The van der Waals surface area contributed by atoms with Gasteiger partial charge in [0.2, 0.25) is 5.91 Å². The van der Waals surface area contributed by atoms with Gasteiger partial charge >= 0.3 is 0 Å². The van der Waals surface area contributed by atoms with E-state index in [1.807, 2.05) is 6.07 Å². The van der Waals surface area contributed by atoms with Crippen molar-refractivity contribution in [2.45, 2.75) is 12.5 Å². The molecule has 8 heteroatoms. The van der Waals surface area contributed by atoms with Crippen molar-refractivity contribution in [2.24, 2.45) is 5.10 Å². The third-order valence-corrected chi connectivity index (χ3v) is 4.66. The Morgan fingerprint density at radius 3 is 2.68 bits per heavy atom. The Morgan fingerprint density at radius 2 is 1.96 bits per heavy atom. The molecule has 2 aromatic carbocycles. The predicted octanol–water partition coefficient (Wildman–Crippen LogP) is 2.92. The van der Waals surface area contributed by atoms with Crippen LogP contribution in [0.25, 0.3) is 0 Å². The lowest BCUT2D eigenvalue weighted by Crippen LogP contribution is -2.39. The molecule has 1 aliphatic heterocycles. The van der Waals surface area contributed by atoms with Gasteiger partial charge in [-0.3, -0.25) is 9.59 Å². The van der Waals surface area contributed by atoms with Crippen molar-refractivity contribution >= 4 is 29.1 Å². The summed E-state index contributed by atoms with van der Waals surface area (Å²) in [6.45, 7) is -0.426. The summed E-state index contributed by atoms with van der Waals surface area (Å²) in [4.78, 5) is 24.3. The molecule has 0 saturated carbocycles. The molecule has 0 aliphatic carbocycles. The van der Waals surface area contributed by atoms with Crippen LogP contribution in [-0.2, 0) is 14.3 Å². The second-order valence-corrected chi connectivity index (χ2v) is 6.62. The molecule has 0 unspecified atom stereocenters. The number of carbonyl (C=O) groups excluding carboxylic acids is 2. The quantitative estimate of drug-likeness (QED) is 0.806. The molecular weight excluding hydrogens is 385 g/mol. The minimum Gasteiger partial charge on any atom is -0.375 e. The van der Waals surface area contributed by atoms with E-state index < -0.39 is 23.7 Å². The van der Waals surface area contributed by atoms with Crippen molar-refractivity contribution < 1.29 is 18.7 Å². The molecule has 2 aromatic rings. The van der Waals surface area contributed by atoms with E-state index >= 15 is 0 Å². The number of amides is 2. The van der Waals surface area contributed by atoms with E-state index in [1.54, 1.807) is 36.4 Å². The maximum Gasteiger partial charge on any atom is 0.262 e. The number of carbonyl (C=O) groups is 2. The number of nitrogens with one attached hydrogen (secondary N) is 1. The second kappa shape index (κ2) is 8.95. The van der Waals surface area contributed by atoms with Crippen molar-refractivity contribution in [1.82, 2.24) is 10.3 Å². The first kappa shape index (κ1) is 20.0. The summed E-state index contributed by atoms with van der Waals surface area (Å²) >= 11 is 6.26. The Balaban J connectivity index is 1.89. The highest BCUT2D eigenvalue weighted by atomic mass is 35.5. The van der Waals surface area contributed by atoms with E-state index in [9.17, 15) is 14.0 Å². The van der Waals surface area contributed by atoms with E-state index in [0.29, 0.717) is 28.3 Å². The Labute approximate surface area is 166 Å². The average molecular weight is 404 g/mol. The molecule has 3 rings (SSSR count). The van der Waals surface area contributed by atoms with E-state index in [0.717, 1.165) is 0 Å². The second-order valence-electron chi connectivity index (χ2n) is 6.22. The molecule has 2 amide bonds. The normalized spacial score (nSPS) is 16.0. The van der Waals surface area contributed by atoms with Crippen molar-refractivity contribution in [1.29, 1.82) is 0 Å². The fourth-order valence-corrected chi connectivity index (χ4v) is 3.27. The monoisotopic (exact) mass is 403 g/mol. The van der Waals surface area contributed by atoms with E-state index in [4.69, 9.17) is 16.3 Å². The molecule has 1 heterocycles. The zero-order chi connectivity index (χ0) is 20.1. The van der Waals surface area contributed by atoms with Gasteiger partial charge in [-0.2, -0.15) is 5.10 Å². The van der Waals surface area contributed by atoms with Crippen LogP contribution in [0.1, 0.15) is 23.6 Å². The molecule has 0 aromatic heterocycles. The standard InChI is InChI=1S/C20H19ClFN3O3/c1-28-12-19(26)23-11-20(27)25-18(14-7-3-5-9-16(14)22)10-17(24-25)13-6-2-4-8-15(13)21/h2-9,18H,10-12H2,1H3,(H,23,26)/t18-/m0/s1. The minimum absolute atomic E-state index is 0.155. The molecular formula is C20H19ClFN3O3. The van der Waals surface area contributed by atoms with Gasteiger partial charge in [0.1, 0.15) is 12.4 Å². The molecule has 6 nitrogen and oxygen atoms in total. The van der Waals surface area contributed by atoms with Crippen molar-refractivity contribution in [2.75, 3.05) is 20.3 Å². The van der Waals surface area contributed by atoms with Crippen LogP contribution >= 0.6 is 11.6 Å². The number of nitrogens with zero attached hydrogens (tertiary/aromatic N) is 2. The summed E-state index contributed by atoms with van der Waals surface area (Å²) in [6.07, 6.45) is 0.308. The summed E-state index contributed by atoms with van der Waals surface area (Å²) in [6, 6.07) is 12.8. The highest BCUT2D eigenvalue weighted by molar-refractivity contribution is 6.34. The highest BCUT2D eigenvalue weighted by Crippen LogP contribution is 2.35. The number of rotatable bonds is 6. The van der Waals surface area contributed by atoms with Crippen LogP contribution in [0.4, 0.5) is 4.39 Å². The topological polar surface area (TPSA) is 71.0 Å². The Morgan fingerprint density at radius 1 is 1.25 bits per heavy atom. The van der Waals surface area contributed by atoms with Gasteiger partial charge in [0.05, 0.1) is 18.3 Å². The van der Waals surface area contributed by atoms with Gasteiger partial charge in [0, 0.05) is 29.7 Å². The van der Waals surface area contributed by atoms with Crippen LogP contribution in [0.3, 0.4) is 0 Å². The van der Waals surface area contributed by atoms with Gasteiger partial charge < -0.3 is 10.1 Å². The van der Waals surface area contributed by atoms with E-state index in [2.05, 4.69) is 10.4 Å². The van der Waals surface area contributed by atoms with Crippen LogP contribution in [0.5, 0.6) is 0 Å². The third kappa shape index (κ3) is 4.37. The largest absolute Gasteiger partial charge is 0.375 e.